The fraction of sp³-hybridized carbons (Fsp3) is 0.667. The second-order valence-electron chi connectivity index (χ2n) is 5.26. The van der Waals surface area contributed by atoms with E-state index in [2.05, 4.69) is 41.3 Å². The van der Waals surface area contributed by atoms with Gasteiger partial charge in [0.25, 0.3) is 0 Å². The second kappa shape index (κ2) is 6.86. The lowest BCUT2D eigenvalue weighted by atomic mass is 9.90. The molecule has 0 saturated carbocycles. The molecule has 2 rings (SSSR count). The van der Waals surface area contributed by atoms with E-state index in [-0.39, 0.29) is 0 Å². The molecule has 0 spiro atoms. The van der Waals surface area contributed by atoms with E-state index >= 15 is 0 Å². The summed E-state index contributed by atoms with van der Waals surface area (Å²) in [6.07, 6.45) is 7.47. The Balaban J connectivity index is 1.81. The average molecular weight is 247 g/mol. The molecule has 0 amide bonds. The van der Waals surface area contributed by atoms with Crippen molar-refractivity contribution in [2.45, 2.75) is 32.2 Å². The third-order valence-electron chi connectivity index (χ3n) is 4.18. The van der Waals surface area contributed by atoms with Crippen molar-refractivity contribution in [2.75, 3.05) is 26.7 Å². The highest BCUT2D eigenvalue weighted by molar-refractivity contribution is 5.10. The lowest BCUT2D eigenvalue weighted by Crippen LogP contribution is -2.48. The van der Waals surface area contributed by atoms with Gasteiger partial charge < -0.3 is 10.2 Å². The minimum absolute atomic E-state index is 0.715. The molecule has 2 unspecified atom stereocenters. The normalized spacial score (nSPS) is 25.2. The van der Waals surface area contributed by atoms with E-state index in [1.54, 1.807) is 0 Å². The van der Waals surface area contributed by atoms with E-state index < -0.39 is 0 Å². The van der Waals surface area contributed by atoms with Gasteiger partial charge in [-0.2, -0.15) is 0 Å². The Bertz CT molecular complexity index is 339. The zero-order chi connectivity index (χ0) is 12.8. The Morgan fingerprint density at radius 2 is 2.17 bits per heavy atom. The van der Waals surface area contributed by atoms with Crippen molar-refractivity contribution < 1.29 is 0 Å². The van der Waals surface area contributed by atoms with Gasteiger partial charge in [-0.25, -0.2) is 0 Å². The number of hydrogen-bond acceptors (Lipinski definition) is 3. The van der Waals surface area contributed by atoms with Crippen LogP contribution in [0.1, 0.15) is 25.3 Å². The van der Waals surface area contributed by atoms with Gasteiger partial charge in [-0.1, -0.05) is 13.3 Å². The van der Waals surface area contributed by atoms with Crippen LogP contribution in [0.15, 0.2) is 24.5 Å². The monoisotopic (exact) mass is 247 g/mol. The summed E-state index contributed by atoms with van der Waals surface area (Å²) in [5.74, 6) is 0.807. The first-order valence-corrected chi connectivity index (χ1v) is 7.12. The number of piperidine rings is 1. The molecule has 18 heavy (non-hydrogen) atoms. The summed E-state index contributed by atoms with van der Waals surface area (Å²) in [4.78, 5) is 6.68. The standard InChI is InChI=1S/C15H25N3/c1-3-14-12-18(11-7-15(14)16-2)10-6-13-4-8-17-9-5-13/h4-5,8-9,14-16H,3,6-7,10-12H2,1-2H3. The van der Waals surface area contributed by atoms with Gasteiger partial charge in [0.15, 0.2) is 0 Å². The molecule has 1 saturated heterocycles. The average Bonchev–Trinajstić information content (AvgIpc) is 2.45. The van der Waals surface area contributed by atoms with Crippen LogP contribution in [-0.2, 0) is 6.42 Å². The maximum Gasteiger partial charge on any atom is 0.0270 e. The molecule has 100 valence electrons. The largest absolute Gasteiger partial charge is 0.317 e. The van der Waals surface area contributed by atoms with Crippen LogP contribution in [0.2, 0.25) is 0 Å². The summed E-state index contributed by atoms with van der Waals surface area (Å²) in [6.45, 7) is 5.96. The number of nitrogens with zero attached hydrogens (tertiary/aromatic N) is 2. The van der Waals surface area contributed by atoms with Crippen molar-refractivity contribution >= 4 is 0 Å². The van der Waals surface area contributed by atoms with E-state index in [1.165, 1.54) is 38.0 Å². The van der Waals surface area contributed by atoms with E-state index in [4.69, 9.17) is 0 Å². The second-order valence-corrected chi connectivity index (χ2v) is 5.26. The van der Waals surface area contributed by atoms with Crippen LogP contribution in [-0.4, -0.2) is 42.6 Å². The predicted octanol–water partition coefficient (Wildman–Crippen LogP) is 1.94. The van der Waals surface area contributed by atoms with Crippen LogP contribution >= 0.6 is 0 Å². The Morgan fingerprint density at radius 3 is 2.83 bits per heavy atom. The first-order chi connectivity index (χ1) is 8.83. The van der Waals surface area contributed by atoms with Crippen LogP contribution in [0.5, 0.6) is 0 Å². The molecule has 0 radical (unpaired) electrons. The number of rotatable bonds is 5. The molecule has 2 atom stereocenters. The van der Waals surface area contributed by atoms with Crippen LogP contribution in [0.3, 0.4) is 0 Å². The molecule has 1 aromatic rings. The van der Waals surface area contributed by atoms with Gasteiger partial charge in [0.2, 0.25) is 0 Å². The van der Waals surface area contributed by atoms with Crippen LogP contribution in [0, 0.1) is 5.92 Å². The van der Waals surface area contributed by atoms with Crippen molar-refractivity contribution in [1.82, 2.24) is 15.2 Å². The molecule has 3 nitrogen and oxygen atoms in total. The van der Waals surface area contributed by atoms with Crippen LogP contribution in [0.4, 0.5) is 0 Å². The lowest BCUT2D eigenvalue weighted by molar-refractivity contribution is 0.140. The highest BCUT2D eigenvalue weighted by Crippen LogP contribution is 2.20. The van der Waals surface area contributed by atoms with Gasteiger partial charge in [-0.15, -0.1) is 0 Å². The molecule has 0 bridgehead atoms. The highest BCUT2D eigenvalue weighted by Gasteiger charge is 2.26. The Hall–Kier alpha value is -0.930. The molecule has 1 aliphatic rings. The fourth-order valence-corrected chi connectivity index (χ4v) is 2.94. The first-order valence-electron chi connectivity index (χ1n) is 7.12. The fourth-order valence-electron chi connectivity index (χ4n) is 2.94. The number of nitrogens with one attached hydrogen (secondary N) is 1. The Kier molecular flexibility index (Phi) is 5.14. The molecule has 1 aliphatic heterocycles. The van der Waals surface area contributed by atoms with E-state index in [1.807, 2.05) is 12.4 Å². The van der Waals surface area contributed by atoms with E-state index in [9.17, 15) is 0 Å². The number of hydrogen-bond donors (Lipinski definition) is 1. The molecule has 1 aromatic heterocycles. The van der Waals surface area contributed by atoms with Crippen molar-refractivity contribution in [3.63, 3.8) is 0 Å². The molecule has 1 fully saturated rings. The molecule has 3 heteroatoms. The van der Waals surface area contributed by atoms with Crippen molar-refractivity contribution in [1.29, 1.82) is 0 Å². The summed E-state index contributed by atoms with van der Waals surface area (Å²) in [6, 6.07) is 4.96. The smallest absolute Gasteiger partial charge is 0.0270 e. The van der Waals surface area contributed by atoms with Crippen molar-refractivity contribution in [3.8, 4) is 0 Å². The molecular formula is C15H25N3. The first kappa shape index (κ1) is 13.5. The Labute approximate surface area is 111 Å². The predicted molar refractivity (Wildman–Crippen MR) is 75.6 cm³/mol. The maximum absolute atomic E-state index is 4.06. The van der Waals surface area contributed by atoms with Crippen molar-refractivity contribution in [3.05, 3.63) is 30.1 Å². The number of likely N-dealkylation sites (tertiary alicyclic amines) is 1. The summed E-state index contributed by atoms with van der Waals surface area (Å²) in [7, 11) is 2.10. The van der Waals surface area contributed by atoms with Crippen LogP contribution in [0.25, 0.3) is 0 Å². The SMILES string of the molecule is CCC1CN(CCc2ccncc2)CCC1NC. The summed E-state index contributed by atoms with van der Waals surface area (Å²) in [5, 5.41) is 3.46. The third kappa shape index (κ3) is 3.53. The van der Waals surface area contributed by atoms with Gasteiger partial charge in [-0.3, -0.25) is 4.98 Å². The lowest BCUT2D eigenvalue weighted by Gasteiger charge is -2.38. The zero-order valence-corrected chi connectivity index (χ0v) is 11.6. The molecule has 2 heterocycles. The summed E-state index contributed by atoms with van der Waals surface area (Å²) < 4.78 is 0. The van der Waals surface area contributed by atoms with Gasteiger partial charge in [0.05, 0.1) is 0 Å². The Morgan fingerprint density at radius 1 is 1.39 bits per heavy atom. The van der Waals surface area contributed by atoms with Gasteiger partial charge in [0, 0.05) is 31.5 Å². The highest BCUT2D eigenvalue weighted by atomic mass is 15.1. The third-order valence-corrected chi connectivity index (χ3v) is 4.18. The summed E-state index contributed by atoms with van der Waals surface area (Å²) >= 11 is 0. The molecule has 0 aromatic carbocycles. The van der Waals surface area contributed by atoms with E-state index in [0.29, 0.717) is 6.04 Å². The van der Waals surface area contributed by atoms with Crippen LogP contribution < -0.4 is 5.32 Å². The van der Waals surface area contributed by atoms with Gasteiger partial charge in [-0.05, 0) is 50.0 Å². The van der Waals surface area contributed by atoms with Gasteiger partial charge in [0.1, 0.15) is 0 Å². The zero-order valence-electron chi connectivity index (χ0n) is 11.6. The molecular weight excluding hydrogens is 222 g/mol. The van der Waals surface area contributed by atoms with E-state index in [0.717, 1.165) is 12.3 Å². The quantitative estimate of drug-likeness (QED) is 0.862. The summed E-state index contributed by atoms with van der Waals surface area (Å²) in [5.41, 5.74) is 1.40. The molecule has 0 aliphatic carbocycles. The number of aromatic nitrogens is 1. The minimum Gasteiger partial charge on any atom is -0.317 e. The topological polar surface area (TPSA) is 28.2 Å². The number of pyridine rings is 1. The van der Waals surface area contributed by atoms with Crippen molar-refractivity contribution in [2.24, 2.45) is 5.92 Å². The molecule has 1 N–H and O–H groups in total. The maximum atomic E-state index is 4.06. The van der Waals surface area contributed by atoms with Gasteiger partial charge >= 0.3 is 0 Å². The minimum atomic E-state index is 0.715.